The van der Waals surface area contributed by atoms with Gasteiger partial charge in [-0.3, -0.25) is 0 Å². The van der Waals surface area contributed by atoms with E-state index in [-0.39, 0.29) is 6.79 Å². The van der Waals surface area contributed by atoms with E-state index in [1.165, 1.54) is 13.2 Å². The van der Waals surface area contributed by atoms with Crippen molar-refractivity contribution in [2.24, 2.45) is 0 Å². The molecule has 0 saturated carbocycles. The SMILES string of the molecule is COC(=O)C=Cc1cc2c(cc1N)OCO2. The number of nitrogens with two attached hydrogens (primary N) is 1. The molecule has 0 bridgehead atoms. The van der Waals surface area contributed by atoms with Crippen molar-refractivity contribution in [1.82, 2.24) is 0 Å². The Hall–Kier alpha value is -2.17. The molecule has 0 radical (unpaired) electrons. The molecular formula is C11H11NO4. The van der Waals surface area contributed by atoms with E-state index in [0.29, 0.717) is 22.7 Å². The number of methoxy groups -OCH3 is 1. The Morgan fingerprint density at radius 1 is 1.44 bits per heavy atom. The van der Waals surface area contributed by atoms with Crippen molar-refractivity contribution in [2.45, 2.75) is 0 Å². The lowest BCUT2D eigenvalue weighted by atomic mass is 10.1. The van der Waals surface area contributed by atoms with Crippen LogP contribution in [0.2, 0.25) is 0 Å². The van der Waals surface area contributed by atoms with Crippen molar-refractivity contribution in [3.8, 4) is 11.5 Å². The second-order valence-corrected chi connectivity index (χ2v) is 3.19. The standard InChI is InChI=1S/C11H11NO4/c1-14-11(13)3-2-7-4-9-10(5-8(7)12)16-6-15-9/h2-5H,6,12H2,1H3. The average Bonchev–Trinajstić information content (AvgIpc) is 2.72. The maximum atomic E-state index is 10.9. The zero-order chi connectivity index (χ0) is 11.5. The minimum atomic E-state index is -0.433. The van der Waals surface area contributed by atoms with Gasteiger partial charge in [-0.2, -0.15) is 0 Å². The van der Waals surface area contributed by atoms with Gasteiger partial charge < -0.3 is 19.9 Å². The molecule has 0 aliphatic carbocycles. The molecule has 1 heterocycles. The van der Waals surface area contributed by atoms with E-state index >= 15 is 0 Å². The predicted molar refractivity (Wildman–Crippen MR) is 58.0 cm³/mol. The molecule has 5 nitrogen and oxygen atoms in total. The van der Waals surface area contributed by atoms with E-state index in [1.807, 2.05) is 0 Å². The van der Waals surface area contributed by atoms with Gasteiger partial charge in [0.15, 0.2) is 11.5 Å². The van der Waals surface area contributed by atoms with E-state index in [2.05, 4.69) is 4.74 Å². The number of benzene rings is 1. The molecule has 0 amide bonds. The number of rotatable bonds is 2. The Morgan fingerprint density at radius 2 is 2.12 bits per heavy atom. The zero-order valence-electron chi connectivity index (χ0n) is 8.73. The molecule has 2 rings (SSSR count). The third kappa shape index (κ3) is 1.93. The van der Waals surface area contributed by atoms with Crippen LogP contribution < -0.4 is 15.2 Å². The fraction of sp³-hybridized carbons (Fsp3) is 0.182. The first-order valence-corrected chi connectivity index (χ1v) is 4.66. The molecule has 1 aliphatic heterocycles. The summed E-state index contributed by atoms with van der Waals surface area (Å²) in [4.78, 5) is 10.9. The van der Waals surface area contributed by atoms with Crippen LogP contribution in [0.25, 0.3) is 6.08 Å². The largest absolute Gasteiger partial charge is 0.466 e. The number of carbonyl (C=O) groups is 1. The van der Waals surface area contributed by atoms with Crippen molar-refractivity contribution >= 4 is 17.7 Å². The molecule has 1 aliphatic rings. The van der Waals surface area contributed by atoms with Gasteiger partial charge >= 0.3 is 5.97 Å². The van der Waals surface area contributed by atoms with Gasteiger partial charge in [0.05, 0.1) is 7.11 Å². The first-order valence-electron chi connectivity index (χ1n) is 4.66. The number of fused-ring (bicyclic) bond motifs is 1. The number of ether oxygens (including phenoxy) is 3. The number of anilines is 1. The topological polar surface area (TPSA) is 70.8 Å². The molecule has 0 saturated heterocycles. The molecular weight excluding hydrogens is 210 g/mol. The number of carbonyl (C=O) groups excluding carboxylic acids is 1. The summed E-state index contributed by atoms with van der Waals surface area (Å²) in [6.45, 7) is 0.193. The second-order valence-electron chi connectivity index (χ2n) is 3.19. The fourth-order valence-electron chi connectivity index (χ4n) is 1.34. The second kappa shape index (κ2) is 4.14. The molecule has 0 fully saturated rings. The minimum Gasteiger partial charge on any atom is -0.466 e. The Morgan fingerprint density at radius 3 is 2.81 bits per heavy atom. The minimum absolute atomic E-state index is 0.193. The Bertz CT molecular complexity index is 454. The van der Waals surface area contributed by atoms with Crippen LogP contribution >= 0.6 is 0 Å². The van der Waals surface area contributed by atoms with Crippen LogP contribution in [0.3, 0.4) is 0 Å². The highest BCUT2D eigenvalue weighted by molar-refractivity contribution is 5.88. The smallest absolute Gasteiger partial charge is 0.330 e. The zero-order valence-corrected chi connectivity index (χ0v) is 8.73. The van der Waals surface area contributed by atoms with Gasteiger partial charge in [0.25, 0.3) is 0 Å². The van der Waals surface area contributed by atoms with E-state index in [1.54, 1.807) is 18.2 Å². The first-order chi connectivity index (χ1) is 7.70. The van der Waals surface area contributed by atoms with Gasteiger partial charge in [0, 0.05) is 23.4 Å². The van der Waals surface area contributed by atoms with Crippen molar-refractivity contribution in [3.63, 3.8) is 0 Å². The average molecular weight is 221 g/mol. The van der Waals surface area contributed by atoms with Crippen LogP contribution in [0.15, 0.2) is 18.2 Å². The summed E-state index contributed by atoms with van der Waals surface area (Å²) >= 11 is 0. The van der Waals surface area contributed by atoms with Crippen molar-refractivity contribution in [3.05, 3.63) is 23.8 Å². The lowest BCUT2D eigenvalue weighted by Crippen LogP contribution is -1.94. The summed E-state index contributed by atoms with van der Waals surface area (Å²) in [6, 6.07) is 3.39. The Balaban J connectivity index is 2.28. The van der Waals surface area contributed by atoms with Crippen LogP contribution in [0.5, 0.6) is 11.5 Å². The van der Waals surface area contributed by atoms with Crippen molar-refractivity contribution < 1.29 is 19.0 Å². The van der Waals surface area contributed by atoms with Crippen molar-refractivity contribution in [2.75, 3.05) is 19.6 Å². The molecule has 1 aromatic rings. The van der Waals surface area contributed by atoms with E-state index in [0.717, 1.165) is 0 Å². The highest BCUT2D eigenvalue weighted by Gasteiger charge is 2.15. The van der Waals surface area contributed by atoms with E-state index < -0.39 is 5.97 Å². The van der Waals surface area contributed by atoms with Crippen LogP contribution in [0.1, 0.15) is 5.56 Å². The predicted octanol–water partition coefficient (Wildman–Crippen LogP) is 1.18. The molecule has 84 valence electrons. The molecule has 0 unspecified atom stereocenters. The third-order valence-electron chi connectivity index (χ3n) is 2.18. The summed E-state index contributed by atoms with van der Waals surface area (Å²) in [5, 5.41) is 0. The molecule has 1 aromatic carbocycles. The maximum Gasteiger partial charge on any atom is 0.330 e. The third-order valence-corrected chi connectivity index (χ3v) is 2.18. The van der Waals surface area contributed by atoms with Gasteiger partial charge in [0.1, 0.15) is 0 Å². The van der Waals surface area contributed by atoms with Gasteiger partial charge in [-0.05, 0) is 12.1 Å². The molecule has 0 aromatic heterocycles. The summed E-state index contributed by atoms with van der Waals surface area (Å²) < 4.78 is 14.8. The Labute approximate surface area is 92.4 Å². The van der Waals surface area contributed by atoms with Crippen LogP contribution in [-0.4, -0.2) is 19.9 Å². The fourth-order valence-corrected chi connectivity index (χ4v) is 1.34. The highest BCUT2D eigenvalue weighted by atomic mass is 16.7. The Kier molecular flexibility index (Phi) is 2.68. The lowest BCUT2D eigenvalue weighted by Gasteiger charge is -2.02. The van der Waals surface area contributed by atoms with E-state index in [4.69, 9.17) is 15.2 Å². The highest BCUT2D eigenvalue weighted by Crippen LogP contribution is 2.36. The number of nitrogen functional groups attached to an aromatic ring is 1. The van der Waals surface area contributed by atoms with Crippen LogP contribution in [0, 0.1) is 0 Å². The molecule has 2 N–H and O–H groups in total. The molecule has 5 heteroatoms. The monoisotopic (exact) mass is 221 g/mol. The summed E-state index contributed by atoms with van der Waals surface area (Å²) in [5.41, 5.74) is 6.99. The van der Waals surface area contributed by atoms with Crippen LogP contribution in [0.4, 0.5) is 5.69 Å². The number of esters is 1. The summed E-state index contributed by atoms with van der Waals surface area (Å²) in [7, 11) is 1.32. The summed E-state index contributed by atoms with van der Waals surface area (Å²) in [6.07, 6.45) is 2.87. The number of hydrogen-bond acceptors (Lipinski definition) is 5. The van der Waals surface area contributed by atoms with Gasteiger partial charge in [-0.1, -0.05) is 0 Å². The van der Waals surface area contributed by atoms with Crippen molar-refractivity contribution in [1.29, 1.82) is 0 Å². The quantitative estimate of drug-likeness (QED) is 0.461. The first kappa shape index (κ1) is 10.4. The van der Waals surface area contributed by atoms with E-state index in [9.17, 15) is 4.79 Å². The van der Waals surface area contributed by atoms with Gasteiger partial charge in [-0.15, -0.1) is 0 Å². The molecule has 16 heavy (non-hydrogen) atoms. The molecule has 0 atom stereocenters. The normalized spacial score (nSPS) is 13.1. The number of hydrogen-bond donors (Lipinski definition) is 1. The van der Waals surface area contributed by atoms with Crippen LogP contribution in [-0.2, 0) is 9.53 Å². The van der Waals surface area contributed by atoms with Gasteiger partial charge in [-0.25, -0.2) is 4.79 Å². The lowest BCUT2D eigenvalue weighted by molar-refractivity contribution is -0.134. The summed E-state index contributed by atoms with van der Waals surface area (Å²) in [5.74, 6) is 0.809. The van der Waals surface area contributed by atoms with Gasteiger partial charge in [0.2, 0.25) is 6.79 Å². The maximum absolute atomic E-state index is 10.9. The molecule has 0 spiro atoms.